The second-order valence-electron chi connectivity index (χ2n) is 6.55. The lowest BCUT2D eigenvalue weighted by Gasteiger charge is -2.43. The number of likely N-dealkylation sites (tertiary alicyclic amines) is 1. The predicted molar refractivity (Wildman–Crippen MR) is 78.0 cm³/mol. The van der Waals surface area contributed by atoms with Crippen molar-refractivity contribution in [1.82, 2.24) is 14.9 Å². The van der Waals surface area contributed by atoms with Gasteiger partial charge in [-0.15, -0.1) is 0 Å². The van der Waals surface area contributed by atoms with Crippen LogP contribution in [-0.4, -0.2) is 38.2 Å². The van der Waals surface area contributed by atoms with E-state index < -0.39 is 5.60 Å². The van der Waals surface area contributed by atoms with Gasteiger partial charge in [-0.2, -0.15) is 0 Å². The largest absolute Gasteiger partial charge is 0.390 e. The van der Waals surface area contributed by atoms with Crippen molar-refractivity contribution in [2.45, 2.75) is 63.6 Å². The third-order valence-corrected chi connectivity index (χ3v) is 5.09. The van der Waals surface area contributed by atoms with Crippen molar-refractivity contribution in [3.8, 4) is 0 Å². The van der Waals surface area contributed by atoms with Crippen LogP contribution in [0, 0.1) is 5.92 Å². The van der Waals surface area contributed by atoms with E-state index in [4.69, 9.17) is 0 Å². The lowest BCUT2D eigenvalue weighted by Crippen LogP contribution is -2.48. The van der Waals surface area contributed by atoms with E-state index in [0.717, 1.165) is 38.2 Å². The zero-order valence-corrected chi connectivity index (χ0v) is 12.3. The molecule has 20 heavy (non-hydrogen) atoms. The lowest BCUT2D eigenvalue weighted by atomic mass is 9.72. The fraction of sp³-hybridized carbons (Fsp3) is 0.750. The molecule has 0 unspecified atom stereocenters. The van der Waals surface area contributed by atoms with Crippen LogP contribution in [-0.2, 0) is 6.54 Å². The Balaban J connectivity index is 1.72. The molecule has 0 spiro atoms. The van der Waals surface area contributed by atoms with Gasteiger partial charge in [0.15, 0.2) is 0 Å². The Hall–Kier alpha value is -1.00. The van der Waals surface area contributed by atoms with Crippen LogP contribution in [0.2, 0.25) is 0 Å². The van der Waals surface area contributed by atoms with Gasteiger partial charge in [0.2, 0.25) is 0 Å². The van der Waals surface area contributed by atoms with Crippen molar-refractivity contribution in [2.75, 3.05) is 6.54 Å². The monoisotopic (exact) mass is 275 g/mol. The molecule has 2 heterocycles. The Morgan fingerprint density at radius 2 is 2.05 bits per heavy atom. The Labute approximate surface area is 121 Å². The summed E-state index contributed by atoms with van der Waals surface area (Å²) in [6, 6.07) is 2.35. The average molecular weight is 275 g/mol. The van der Waals surface area contributed by atoms with Crippen molar-refractivity contribution in [3.05, 3.63) is 24.3 Å². The van der Waals surface area contributed by atoms with Crippen molar-refractivity contribution < 1.29 is 5.11 Å². The summed E-state index contributed by atoms with van der Waals surface area (Å²) in [5.41, 5.74) is -0.497. The van der Waals surface area contributed by atoms with Gasteiger partial charge < -0.3 is 5.11 Å². The van der Waals surface area contributed by atoms with Gasteiger partial charge in [0.1, 0.15) is 5.82 Å². The minimum Gasteiger partial charge on any atom is -0.390 e. The van der Waals surface area contributed by atoms with Crippen LogP contribution in [0.1, 0.15) is 51.3 Å². The van der Waals surface area contributed by atoms with Gasteiger partial charge in [-0.05, 0) is 45.2 Å². The Morgan fingerprint density at radius 3 is 2.80 bits per heavy atom. The molecule has 4 nitrogen and oxygen atoms in total. The fourth-order valence-corrected chi connectivity index (χ4v) is 4.05. The molecule has 1 N–H and O–H groups in total. The molecule has 2 fully saturated rings. The molecule has 4 heteroatoms. The highest BCUT2D eigenvalue weighted by Crippen LogP contribution is 2.40. The molecule has 1 saturated heterocycles. The van der Waals surface area contributed by atoms with Crippen molar-refractivity contribution in [1.29, 1.82) is 0 Å². The van der Waals surface area contributed by atoms with Crippen molar-refractivity contribution in [3.63, 3.8) is 0 Å². The fourth-order valence-electron chi connectivity index (χ4n) is 4.05. The summed E-state index contributed by atoms with van der Waals surface area (Å²) in [7, 11) is 0. The predicted octanol–water partition coefficient (Wildman–Crippen LogP) is 2.38. The SMILES string of the molecule is C[C@]1(O)CCCC[C@H]1[C@H]1CCCN1Cc1ncccn1. The first kappa shape index (κ1) is 14.0. The molecule has 0 radical (unpaired) electrons. The molecule has 110 valence electrons. The van der Waals surface area contributed by atoms with E-state index in [1.165, 1.54) is 19.3 Å². The number of hydrogen-bond acceptors (Lipinski definition) is 4. The van der Waals surface area contributed by atoms with E-state index in [1.54, 1.807) is 0 Å². The molecular formula is C16H25N3O. The summed E-state index contributed by atoms with van der Waals surface area (Å²) in [5, 5.41) is 10.7. The summed E-state index contributed by atoms with van der Waals surface area (Å²) in [6.45, 7) is 3.96. The van der Waals surface area contributed by atoms with E-state index in [2.05, 4.69) is 14.9 Å². The Bertz CT molecular complexity index is 435. The molecule has 0 aromatic carbocycles. The minimum absolute atomic E-state index is 0.405. The van der Waals surface area contributed by atoms with Gasteiger partial charge in [-0.25, -0.2) is 9.97 Å². The zero-order valence-electron chi connectivity index (χ0n) is 12.3. The van der Waals surface area contributed by atoms with Crippen LogP contribution in [0.3, 0.4) is 0 Å². The maximum Gasteiger partial charge on any atom is 0.142 e. The minimum atomic E-state index is -0.497. The smallest absolute Gasteiger partial charge is 0.142 e. The summed E-state index contributed by atoms with van der Waals surface area (Å²) in [6.07, 6.45) is 10.6. The molecule has 3 atom stereocenters. The van der Waals surface area contributed by atoms with Gasteiger partial charge in [0.25, 0.3) is 0 Å². The summed E-state index contributed by atoms with van der Waals surface area (Å²) < 4.78 is 0. The summed E-state index contributed by atoms with van der Waals surface area (Å²) in [4.78, 5) is 11.2. The van der Waals surface area contributed by atoms with Crippen LogP contribution >= 0.6 is 0 Å². The van der Waals surface area contributed by atoms with Crippen molar-refractivity contribution >= 4 is 0 Å². The number of hydrogen-bond donors (Lipinski definition) is 1. The van der Waals surface area contributed by atoms with Gasteiger partial charge in [0, 0.05) is 24.4 Å². The Kier molecular flexibility index (Phi) is 4.03. The highest BCUT2D eigenvalue weighted by Gasteiger charge is 2.43. The van der Waals surface area contributed by atoms with Crippen LogP contribution in [0.4, 0.5) is 0 Å². The maximum absolute atomic E-state index is 10.7. The third kappa shape index (κ3) is 2.86. The third-order valence-electron chi connectivity index (χ3n) is 5.09. The first-order valence-corrected chi connectivity index (χ1v) is 7.89. The van der Waals surface area contributed by atoms with Crippen LogP contribution in [0.15, 0.2) is 18.5 Å². The van der Waals surface area contributed by atoms with Crippen LogP contribution in [0.5, 0.6) is 0 Å². The normalized spacial score (nSPS) is 35.3. The molecule has 0 bridgehead atoms. The van der Waals surface area contributed by atoms with Crippen molar-refractivity contribution in [2.24, 2.45) is 5.92 Å². The van der Waals surface area contributed by atoms with E-state index in [0.29, 0.717) is 12.0 Å². The molecular weight excluding hydrogens is 250 g/mol. The highest BCUT2D eigenvalue weighted by molar-refractivity contribution is 4.98. The molecule has 1 aromatic rings. The molecule has 0 amide bonds. The second-order valence-corrected chi connectivity index (χ2v) is 6.55. The topological polar surface area (TPSA) is 49.2 Å². The lowest BCUT2D eigenvalue weighted by molar-refractivity contribution is -0.0631. The molecule has 2 aliphatic rings. The summed E-state index contributed by atoms with van der Waals surface area (Å²) in [5.74, 6) is 1.30. The zero-order chi connectivity index (χ0) is 14.0. The van der Waals surface area contributed by atoms with E-state index in [-0.39, 0.29) is 0 Å². The number of rotatable bonds is 3. The van der Waals surface area contributed by atoms with E-state index in [1.807, 2.05) is 25.4 Å². The first-order chi connectivity index (χ1) is 9.67. The summed E-state index contributed by atoms with van der Waals surface area (Å²) >= 11 is 0. The number of aromatic nitrogens is 2. The van der Waals surface area contributed by atoms with Gasteiger partial charge in [-0.1, -0.05) is 12.8 Å². The quantitative estimate of drug-likeness (QED) is 0.920. The molecule has 1 saturated carbocycles. The molecule has 3 rings (SSSR count). The Morgan fingerprint density at radius 1 is 1.25 bits per heavy atom. The molecule has 1 aliphatic carbocycles. The molecule has 1 aliphatic heterocycles. The van der Waals surface area contributed by atoms with Crippen LogP contribution in [0.25, 0.3) is 0 Å². The number of aliphatic hydroxyl groups is 1. The molecule has 1 aromatic heterocycles. The number of nitrogens with zero attached hydrogens (tertiary/aromatic N) is 3. The van der Waals surface area contributed by atoms with Gasteiger partial charge in [0.05, 0.1) is 12.1 Å². The van der Waals surface area contributed by atoms with Gasteiger partial charge >= 0.3 is 0 Å². The van der Waals surface area contributed by atoms with E-state index >= 15 is 0 Å². The first-order valence-electron chi connectivity index (χ1n) is 7.89. The van der Waals surface area contributed by atoms with E-state index in [9.17, 15) is 5.11 Å². The highest BCUT2D eigenvalue weighted by atomic mass is 16.3. The maximum atomic E-state index is 10.7. The second kappa shape index (κ2) is 5.78. The standard InChI is InChI=1S/C16H25N3O/c1-16(20)8-3-2-6-13(16)14-7-4-11-19(14)12-15-17-9-5-10-18-15/h5,9-10,13-14,20H,2-4,6-8,11-12H2,1H3/t13-,14+,16-/m0/s1. The van der Waals surface area contributed by atoms with Gasteiger partial charge in [-0.3, -0.25) is 4.90 Å². The van der Waals surface area contributed by atoms with Crippen LogP contribution < -0.4 is 0 Å². The average Bonchev–Trinajstić information content (AvgIpc) is 2.87.